The van der Waals surface area contributed by atoms with Gasteiger partial charge in [0, 0.05) is 25.0 Å². The largest absolute Gasteiger partial charge is 0.401 e. The van der Waals surface area contributed by atoms with Crippen molar-refractivity contribution in [1.29, 1.82) is 0 Å². The van der Waals surface area contributed by atoms with Gasteiger partial charge in [-0.3, -0.25) is 9.89 Å². The Hall–Kier alpha value is -1.28. The molecule has 0 radical (unpaired) electrons. The van der Waals surface area contributed by atoms with Gasteiger partial charge < -0.3 is 10.6 Å². The molecule has 1 aliphatic rings. The Morgan fingerprint density at radius 1 is 1.28 bits per heavy atom. The number of hydrogen-bond acceptors (Lipinski definition) is 3. The van der Waals surface area contributed by atoms with Gasteiger partial charge in [-0.05, 0) is 56.1 Å². The third-order valence-electron chi connectivity index (χ3n) is 4.42. The summed E-state index contributed by atoms with van der Waals surface area (Å²) in [6.45, 7) is 1.92. The van der Waals surface area contributed by atoms with E-state index < -0.39 is 12.7 Å². The number of aliphatic imine (C=N–C) groups is 1. The molecule has 2 rings (SSSR count). The van der Waals surface area contributed by atoms with E-state index in [0.717, 1.165) is 44.7 Å². The number of halogens is 3. The highest BCUT2D eigenvalue weighted by molar-refractivity contribution is 7.09. The molecular formula is C17H27F3N4S. The predicted octanol–water partition coefficient (Wildman–Crippen LogP) is 3.12. The van der Waals surface area contributed by atoms with E-state index in [9.17, 15) is 13.2 Å². The fraction of sp³-hybridized carbons (Fsp3) is 0.706. The third-order valence-corrected chi connectivity index (χ3v) is 5.36. The lowest BCUT2D eigenvalue weighted by atomic mass is 9.93. The number of hydrogen-bond donors (Lipinski definition) is 2. The van der Waals surface area contributed by atoms with Crippen LogP contribution in [-0.4, -0.2) is 56.8 Å². The van der Waals surface area contributed by atoms with Crippen LogP contribution in [0.2, 0.25) is 0 Å². The second-order valence-corrected chi connectivity index (χ2v) is 7.41. The Balaban J connectivity index is 1.57. The second-order valence-electron chi connectivity index (χ2n) is 6.38. The molecule has 25 heavy (non-hydrogen) atoms. The normalized spacial score (nSPS) is 17.7. The maximum absolute atomic E-state index is 12.4. The van der Waals surface area contributed by atoms with Crippen molar-refractivity contribution < 1.29 is 13.2 Å². The Labute approximate surface area is 151 Å². The van der Waals surface area contributed by atoms with Gasteiger partial charge in [0.1, 0.15) is 0 Å². The quantitative estimate of drug-likeness (QED) is 0.567. The second kappa shape index (κ2) is 10.0. The summed E-state index contributed by atoms with van der Waals surface area (Å²) in [6, 6.07) is 4.17. The number of likely N-dealkylation sites (tertiary alicyclic amines) is 1. The van der Waals surface area contributed by atoms with Gasteiger partial charge in [0.25, 0.3) is 0 Å². The van der Waals surface area contributed by atoms with Crippen molar-refractivity contribution in [3.8, 4) is 0 Å². The van der Waals surface area contributed by atoms with Crippen molar-refractivity contribution in [3.05, 3.63) is 22.4 Å². The summed E-state index contributed by atoms with van der Waals surface area (Å²) in [7, 11) is 1.75. The molecule has 4 nitrogen and oxygen atoms in total. The molecule has 0 amide bonds. The van der Waals surface area contributed by atoms with Gasteiger partial charge in [-0.2, -0.15) is 13.2 Å². The van der Waals surface area contributed by atoms with E-state index in [1.807, 2.05) is 6.07 Å². The van der Waals surface area contributed by atoms with Crippen LogP contribution in [0.25, 0.3) is 0 Å². The third kappa shape index (κ3) is 8.09. The average Bonchev–Trinajstić information content (AvgIpc) is 3.07. The van der Waals surface area contributed by atoms with E-state index in [2.05, 4.69) is 27.1 Å². The van der Waals surface area contributed by atoms with Crippen molar-refractivity contribution >= 4 is 17.3 Å². The number of piperidine rings is 1. The van der Waals surface area contributed by atoms with Crippen LogP contribution in [0.1, 0.15) is 24.1 Å². The van der Waals surface area contributed by atoms with Gasteiger partial charge in [0.2, 0.25) is 0 Å². The van der Waals surface area contributed by atoms with Crippen molar-refractivity contribution in [2.75, 3.05) is 39.8 Å². The lowest BCUT2D eigenvalue weighted by Gasteiger charge is -2.32. The molecule has 0 aromatic carbocycles. The smallest absolute Gasteiger partial charge is 0.356 e. The highest BCUT2D eigenvalue weighted by Gasteiger charge is 2.32. The molecule has 0 aliphatic carbocycles. The number of nitrogens with zero attached hydrogens (tertiary/aromatic N) is 2. The zero-order chi connectivity index (χ0) is 18.1. The highest BCUT2D eigenvalue weighted by Crippen LogP contribution is 2.23. The lowest BCUT2D eigenvalue weighted by molar-refractivity contribution is -0.148. The lowest BCUT2D eigenvalue weighted by Crippen LogP contribution is -2.42. The van der Waals surface area contributed by atoms with Crippen molar-refractivity contribution in [3.63, 3.8) is 0 Å². The molecule has 1 fully saturated rings. The van der Waals surface area contributed by atoms with Gasteiger partial charge in [0.05, 0.1) is 6.54 Å². The topological polar surface area (TPSA) is 39.7 Å². The van der Waals surface area contributed by atoms with Crippen LogP contribution >= 0.6 is 11.3 Å². The summed E-state index contributed by atoms with van der Waals surface area (Å²) in [6.07, 6.45) is -0.485. The number of thiophene rings is 1. The summed E-state index contributed by atoms with van der Waals surface area (Å²) in [5, 5.41) is 8.66. The minimum atomic E-state index is -4.09. The summed E-state index contributed by atoms with van der Waals surface area (Å²) in [5.41, 5.74) is 0. The predicted molar refractivity (Wildman–Crippen MR) is 97.2 cm³/mol. The van der Waals surface area contributed by atoms with Gasteiger partial charge >= 0.3 is 6.18 Å². The van der Waals surface area contributed by atoms with Crippen LogP contribution in [0, 0.1) is 5.92 Å². The Bertz CT molecular complexity index is 508. The fourth-order valence-corrected chi connectivity index (χ4v) is 3.77. The number of rotatable bonds is 7. The number of nitrogens with one attached hydrogen (secondary N) is 2. The van der Waals surface area contributed by atoms with Crippen LogP contribution in [0.3, 0.4) is 0 Å². The highest BCUT2D eigenvalue weighted by atomic mass is 32.1. The maximum atomic E-state index is 12.4. The monoisotopic (exact) mass is 376 g/mol. The molecule has 1 saturated heterocycles. The number of guanidine groups is 1. The van der Waals surface area contributed by atoms with Crippen LogP contribution in [-0.2, 0) is 6.42 Å². The van der Waals surface area contributed by atoms with Crippen molar-refractivity contribution in [2.45, 2.75) is 31.9 Å². The Kier molecular flexibility index (Phi) is 8.02. The van der Waals surface area contributed by atoms with Gasteiger partial charge in [-0.15, -0.1) is 11.3 Å². The first-order valence-electron chi connectivity index (χ1n) is 8.72. The van der Waals surface area contributed by atoms with Gasteiger partial charge in [-0.25, -0.2) is 0 Å². The minimum Gasteiger partial charge on any atom is -0.356 e. The summed E-state index contributed by atoms with van der Waals surface area (Å²) in [5.74, 6) is 1.27. The minimum absolute atomic E-state index is 0.487. The van der Waals surface area contributed by atoms with Crippen LogP contribution in [0.15, 0.2) is 22.5 Å². The Morgan fingerprint density at radius 3 is 2.60 bits per heavy atom. The zero-order valence-corrected chi connectivity index (χ0v) is 15.4. The fourth-order valence-electron chi connectivity index (χ4n) is 3.06. The first-order chi connectivity index (χ1) is 12.0. The molecule has 0 spiro atoms. The van der Waals surface area contributed by atoms with Crippen molar-refractivity contribution in [2.24, 2.45) is 10.9 Å². The molecule has 1 aromatic rings. The van der Waals surface area contributed by atoms with Crippen LogP contribution in [0.5, 0.6) is 0 Å². The SMILES string of the molecule is CN=C(NCCc1cccs1)NCCC1CCN(CC(F)(F)F)CC1. The zero-order valence-electron chi connectivity index (χ0n) is 14.6. The summed E-state index contributed by atoms with van der Waals surface area (Å²) < 4.78 is 37.2. The van der Waals surface area contributed by atoms with E-state index in [-0.39, 0.29) is 0 Å². The number of alkyl halides is 3. The first-order valence-corrected chi connectivity index (χ1v) is 9.60. The van der Waals surface area contributed by atoms with E-state index in [4.69, 9.17) is 0 Å². The van der Waals surface area contributed by atoms with E-state index in [0.29, 0.717) is 19.0 Å². The molecule has 0 atom stereocenters. The van der Waals surface area contributed by atoms with E-state index in [1.54, 1.807) is 18.4 Å². The summed E-state index contributed by atoms with van der Waals surface area (Å²) in [4.78, 5) is 7.06. The maximum Gasteiger partial charge on any atom is 0.401 e. The Morgan fingerprint density at radius 2 is 2.00 bits per heavy atom. The standard InChI is InChI=1S/C17H27F3N4S/c1-21-16(23-9-5-15-3-2-12-25-15)22-8-4-14-6-10-24(11-7-14)13-17(18,19)20/h2-3,12,14H,4-11,13H2,1H3,(H2,21,22,23). The van der Waals surface area contributed by atoms with Gasteiger partial charge in [0.15, 0.2) is 5.96 Å². The van der Waals surface area contributed by atoms with Gasteiger partial charge in [-0.1, -0.05) is 6.07 Å². The molecular weight excluding hydrogens is 349 g/mol. The molecule has 0 saturated carbocycles. The molecule has 1 aromatic heterocycles. The molecule has 142 valence electrons. The molecule has 2 heterocycles. The van der Waals surface area contributed by atoms with E-state index >= 15 is 0 Å². The van der Waals surface area contributed by atoms with Crippen LogP contribution in [0.4, 0.5) is 13.2 Å². The molecule has 2 N–H and O–H groups in total. The van der Waals surface area contributed by atoms with Crippen molar-refractivity contribution in [1.82, 2.24) is 15.5 Å². The van der Waals surface area contributed by atoms with Crippen LogP contribution < -0.4 is 10.6 Å². The molecule has 0 unspecified atom stereocenters. The first kappa shape index (κ1) is 20.0. The molecule has 1 aliphatic heterocycles. The summed E-state index contributed by atoms with van der Waals surface area (Å²) >= 11 is 1.75. The van der Waals surface area contributed by atoms with E-state index in [1.165, 1.54) is 9.78 Å². The average molecular weight is 376 g/mol. The molecule has 0 bridgehead atoms. The molecule has 8 heteroatoms.